The van der Waals surface area contributed by atoms with Crippen LogP contribution in [0.2, 0.25) is 0 Å². The lowest BCUT2D eigenvalue weighted by Gasteiger charge is -2.21. The number of nitrogens with zero attached hydrogens (tertiary/aromatic N) is 4. The number of carbonyl (C=O) groups excluding carboxylic acids is 1. The fraction of sp³-hybridized carbons (Fsp3) is 0.368. The Balaban J connectivity index is 1.95. The third-order valence-electron chi connectivity index (χ3n) is 4.31. The molecule has 0 aromatic carbocycles. The Bertz CT molecular complexity index is 919. The van der Waals surface area contributed by atoms with E-state index in [4.69, 9.17) is 0 Å². The first-order valence-corrected chi connectivity index (χ1v) is 9.57. The van der Waals surface area contributed by atoms with Crippen LogP contribution in [0.15, 0.2) is 24.4 Å². The van der Waals surface area contributed by atoms with Crippen LogP contribution in [-0.4, -0.2) is 33.9 Å². The molecule has 0 radical (unpaired) electrons. The molecule has 136 valence electrons. The van der Waals surface area contributed by atoms with Crippen LogP contribution in [0.3, 0.4) is 0 Å². The Labute approximate surface area is 157 Å². The lowest BCUT2D eigenvalue weighted by Crippen LogP contribution is -2.24. The zero-order chi connectivity index (χ0) is 18.7. The normalized spacial score (nSPS) is 10.9. The molecule has 0 saturated heterocycles. The average molecular weight is 369 g/mol. The van der Waals surface area contributed by atoms with Crippen LogP contribution in [0.1, 0.15) is 40.6 Å². The summed E-state index contributed by atoms with van der Waals surface area (Å²) in [6.07, 6.45) is 1.72. The highest BCUT2D eigenvalue weighted by Crippen LogP contribution is 2.35. The predicted molar refractivity (Wildman–Crippen MR) is 106 cm³/mol. The Morgan fingerprint density at radius 3 is 2.62 bits per heavy atom. The number of hydrogen-bond acceptors (Lipinski definition) is 6. The van der Waals surface area contributed by atoms with E-state index in [-0.39, 0.29) is 5.91 Å². The number of anilines is 1. The van der Waals surface area contributed by atoms with E-state index in [1.54, 1.807) is 6.20 Å². The predicted octanol–water partition coefficient (Wildman–Crippen LogP) is 3.48. The van der Waals surface area contributed by atoms with Crippen LogP contribution >= 0.6 is 11.3 Å². The van der Waals surface area contributed by atoms with Crippen LogP contribution in [0.25, 0.3) is 10.2 Å². The van der Waals surface area contributed by atoms with Crippen molar-refractivity contribution in [2.75, 3.05) is 18.0 Å². The Kier molecular flexibility index (Phi) is 5.46. The molecule has 0 aliphatic rings. The van der Waals surface area contributed by atoms with Crippen molar-refractivity contribution in [3.05, 3.63) is 46.4 Å². The summed E-state index contributed by atoms with van der Waals surface area (Å²) < 4.78 is 0. The van der Waals surface area contributed by atoms with Crippen molar-refractivity contribution in [2.45, 2.75) is 34.2 Å². The number of hydrogen-bond donors (Lipinski definition) is 1. The zero-order valence-electron chi connectivity index (χ0n) is 15.5. The van der Waals surface area contributed by atoms with E-state index in [9.17, 15) is 4.79 Å². The van der Waals surface area contributed by atoms with Crippen molar-refractivity contribution >= 4 is 33.3 Å². The molecule has 3 heterocycles. The standard InChI is InChI=1S/C19H23N5OS/c1-5-24(6-2)17-15-12(3)16(26-19(15)23-13(4)22-17)18(25)21-11-14-9-7-8-10-20-14/h7-10H,5-6,11H2,1-4H3,(H,21,25). The van der Waals surface area contributed by atoms with Gasteiger partial charge in [0.2, 0.25) is 0 Å². The van der Waals surface area contributed by atoms with Crippen molar-refractivity contribution in [2.24, 2.45) is 0 Å². The van der Waals surface area contributed by atoms with Gasteiger partial charge in [-0.25, -0.2) is 9.97 Å². The van der Waals surface area contributed by atoms with Crippen LogP contribution in [0.4, 0.5) is 5.82 Å². The molecule has 6 nitrogen and oxygen atoms in total. The fourth-order valence-electron chi connectivity index (χ4n) is 2.94. The molecule has 3 aromatic rings. The number of aryl methyl sites for hydroxylation is 2. The molecular formula is C19H23N5OS. The first-order valence-electron chi connectivity index (χ1n) is 8.75. The summed E-state index contributed by atoms with van der Waals surface area (Å²) >= 11 is 1.42. The second kappa shape index (κ2) is 7.78. The van der Waals surface area contributed by atoms with Gasteiger partial charge >= 0.3 is 0 Å². The quantitative estimate of drug-likeness (QED) is 0.720. The van der Waals surface area contributed by atoms with Crippen molar-refractivity contribution in [1.29, 1.82) is 0 Å². The molecule has 1 N–H and O–H groups in total. The number of aromatic nitrogens is 3. The first-order chi connectivity index (χ1) is 12.5. The zero-order valence-corrected chi connectivity index (χ0v) is 16.4. The van der Waals surface area contributed by atoms with Gasteiger partial charge in [0.25, 0.3) is 5.91 Å². The molecule has 3 aromatic heterocycles. The molecule has 0 unspecified atom stereocenters. The number of fused-ring (bicyclic) bond motifs is 1. The number of carbonyl (C=O) groups is 1. The molecule has 0 spiro atoms. The monoisotopic (exact) mass is 369 g/mol. The minimum Gasteiger partial charge on any atom is -0.357 e. The Hall–Kier alpha value is -2.54. The highest BCUT2D eigenvalue weighted by atomic mass is 32.1. The lowest BCUT2D eigenvalue weighted by atomic mass is 10.2. The second-order valence-electron chi connectivity index (χ2n) is 6.01. The van der Waals surface area contributed by atoms with Gasteiger partial charge in [0.15, 0.2) is 0 Å². The van der Waals surface area contributed by atoms with Crippen molar-refractivity contribution < 1.29 is 4.79 Å². The summed E-state index contributed by atoms with van der Waals surface area (Å²) in [4.78, 5) is 29.9. The number of nitrogens with one attached hydrogen (secondary N) is 1. The van der Waals surface area contributed by atoms with Gasteiger partial charge in [-0.1, -0.05) is 6.07 Å². The molecule has 3 rings (SSSR count). The lowest BCUT2D eigenvalue weighted by molar-refractivity contribution is 0.0954. The number of pyridine rings is 1. The van der Waals surface area contributed by atoms with E-state index >= 15 is 0 Å². The molecular weight excluding hydrogens is 346 g/mol. The summed E-state index contributed by atoms with van der Waals surface area (Å²) in [6, 6.07) is 5.66. The van der Waals surface area contributed by atoms with E-state index in [2.05, 4.69) is 39.0 Å². The maximum Gasteiger partial charge on any atom is 0.262 e. The molecule has 0 saturated carbocycles. The topological polar surface area (TPSA) is 71.0 Å². The van der Waals surface area contributed by atoms with Crippen molar-refractivity contribution in [3.63, 3.8) is 0 Å². The molecule has 0 bridgehead atoms. The molecule has 7 heteroatoms. The van der Waals surface area contributed by atoms with Crippen molar-refractivity contribution in [1.82, 2.24) is 20.3 Å². The van der Waals surface area contributed by atoms with E-state index in [1.165, 1.54) is 11.3 Å². The van der Waals surface area contributed by atoms with Gasteiger partial charge < -0.3 is 10.2 Å². The van der Waals surface area contributed by atoms with Crippen LogP contribution in [0, 0.1) is 13.8 Å². The third-order valence-corrected chi connectivity index (χ3v) is 5.49. The number of rotatable bonds is 6. The third kappa shape index (κ3) is 3.53. The van der Waals surface area contributed by atoms with Gasteiger partial charge in [0.1, 0.15) is 16.5 Å². The van der Waals surface area contributed by atoms with Crippen LogP contribution in [-0.2, 0) is 6.54 Å². The molecule has 0 aliphatic heterocycles. The second-order valence-corrected chi connectivity index (χ2v) is 7.01. The maximum atomic E-state index is 12.7. The Morgan fingerprint density at radius 2 is 1.96 bits per heavy atom. The highest BCUT2D eigenvalue weighted by molar-refractivity contribution is 7.20. The summed E-state index contributed by atoms with van der Waals surface area (Å²) in [5.41, 5.74) is 1.77. The fourth-order valence-corrected chi connectivity index (χ4v) is 4.08. The molecule has 26 heavy (non-hydrogen) atoms. The van der Waals surface area contributed by atoms with Crippen molar-refractivity contribution in [3.8, 4) is 0 Å². The summed E-state index contributed by atoms with van der Waals surface area (Å²) in [7, 11) is 0. The summed E-state index contributed by atoms with van der Waals surface area (Å²) in [5.74, 6) is 1.54. The molecule has 0 atom stereocenters. The smallest absolute Gasteiger partial charge is 0.262 e. The van der Waals surface area contributed by atoms with E-state index in [0.717, 1.165) is 46.2 Å². The molecule has 0 fully saturated rings. The molecule has 0 aliphatic carbocycles. The van der Waals surface area contributed by atoms with Crippen LogP contribution in [0.5, 0.6) is 0 Å². The maximum absolute atomic E-state index is 12.7. The van der Waals surface area contributed by atoms with Gasteiger partial charge in [-0.3, -0.25) is 9.78 Å². The minimum absolute atomic E-state index is 0.0979. The Morgan fingerprint density at radius 1 is 1.19 bits per heavy atom. The van der Waals surface area contributed by atoms with Crippen LogP contribution < -0.4 is 10.2 Å². The highest BCUT2D eigenvalue weighted by Gasteiger charge is 2.21. The van der Waals surface area contributed by atoms with E-state index < -0.39 is 0 Å². The van der Waals surface area contributed by atoms with E-state index in [0.29, 0.717) is 11.4 Å². The van der Waals surface area contributed by atoms with Gasteiger partial charge in [0.05, 0.1) is 22.5 Å². The number of thiophene rings is 1. The first kappa shape index (κ1) is 18.3. The minimum atomic E-state index is -0.0979. The van der Waals surface area contributed by atoms with Gasteiger partial charge in [0, 0.05) is 19.3 Å². The number of amides is 1. The summed E-state index contributed by atoms with van der Waals surface area (Å²) in [6.45, 7) is 10.2. The van der Waals surface area contributed by atoms with Gasteiger partial charge in [-0.2, -0.15) is 0 Å². The average Bonchev–Trinajstić information content (AvgIpc) is 2.98. The van der Waals surface area contributed by atoms with Gasteiger partial charge in [-0.05, 0) is 45.4 Å². The molecule has 1 amide bonds. The summed E-state index contributed by atoms with van der Waals surface area (Å²) in [5, 5.41) is 3.93. The SMILES string of the molecule is CCN(CC)c1nc(C)nc2sc(C(=O)NCc3ccccn3)c(C)c12. The van der Waals surface area contributed by atoms with E-state index in [1.807, 2.05) is 32.0 Å². The van der Waals surface area contributed by atoms with Gasteiger partial charge in [-0.15, -0.1) is 11.3 Å². The largest absolute Gasteiger partial charge is 0.357 e.